The molecule has 0 aliphatic rings. The lowest BCUT2D eigenvalue weighted by atomic mass is 10.7. The molecule has 0 aromatic carbocycles. The van der Waals surface area contributed by atoms with E-state index in [0.29, 0.717) is 11.8 Å². The first kappa shape index (κ1) is 7.65. The summed E-state index contributed by atoms with van der Waals surface area (Å²) in [7, 11) is 0. The Kier molecular flexibility index (Phi) is 2.15. The van der Waals surface area contributed by atoms with Crippen molar-refractivity contribution in [3.05, 3.63) is 11.9 Å². The lowest BCUT2D eigenvalue weighted by molar-refractivity contribution is 0.910. The Morgan fingerprint density at radius 3 is 2.91 bits per heavy atom. The normalized spacial score (nSPS) is 10.7. The van der Waals surface area contributed by atoms with Gasteiger partial charge in [-0.2, -0.15) is 10.1 Å². The maximum Gasteiger partial charge on any atom is 0.251 e. The Morgan fingerprint density at radius 2 is 2.36 bits per heavy atom. The van der Waals surface area contributed by atoms with Crippen LogP contribution in [0.25, 0.3) is 6.20 Å². The highest BCUT2D eigenvalue weighted by Crippen LogP contribution is 2.07. The van der Waals surface area contributed by atoms with Crippen LogP contribution in [0.3, 0.4) is 0 Å². The van der Waals surface area contributed by atoms with Crippen LogP contribution in [0.4, 0.5) is 5.95 Å². The first-order valence-corrected chi connectivity index (χ1v) is 3.30. The van der Waals surface area contributed by atoms with E-state index in [1.54, 1.807) is 10.9 Å². The third-order valence-electron chi connectivity index (χ3n) is 1.15. The van der Waals surface area contributed by atoms with Crippen molar-refractivity contribution in [2.24, 2.45) is 4.99 Å². The van der Waals surface area contributed by atoms with Gasteiger partial charge in [-0.3, -0.25) is 0 Å². The van der Waals surface area contributed by atoms with Gasteiger partial charge in [0.1, 0.15) is 5.82 Å². The van der Waals surface area contributed by atoms with Gasteiger partial charge in [0.05, 0.1) is 0 Å². The van der Waals surface area contributed by atoms with E-state index in [2.05, 4.69) is 21.8 Å². The van der Waals surface area contributed by atoms with Crippen molar-refractivity contribution < 1.29 is 0 Å². The molecule has 0 N–H and O–H groups in total. The topological polar surface area (TPSA) is 43.1 Å². The van der Waals surface area contributed by atoms with Gasteiger partial charge in [0.15, 0.2) is 0 Å². The Balaban J connectivity index is 3.11. The fourth-order valence-corrected chi connectivity index (χ4v) is 0.768. The molecule has 0 bridgehead atoms. The average Bonchev–Trinajstić information content (AvgIpc) is 2.32. The highest BCUT2D eigenvalue weighted by Gasteiger charge is 1.99. The highest BCUT2D eigenvalue weighted by molar-refractivity contribution is 5.39. The minimum absolute atomic E-state index is 0.528. The molecule has 0 radical (unpaired) electrons. The molecule has 0 saturated carbocycles. The summed E-state index contributed by atoms with van der Waals surface area (Å²) in [5.41, 5.74) is 0. The number of hydrogen-bond donors (Lipinski definition) is 0. The summed E-state index contributed by atoms with van der Waals surface area (Å²) in [6, 6.07) is 0. The van der Waals surface area contributed by atoms with Crippen molar-refractivity contribution in [2.75, 3.05) is 0 Å². The van der Waals surface area contributed by atoms with Crippen molar-refractivity contribution in [3.8, 4) is 0 Å². The molecule has 11 heavy (non-hydrogen) atoms. The van der Waals surface area contributed by atoms with Gasteiger partial charge < -0.3 is 0 Å². The summed E-state index contributed by atoms with van der Waals surface area (Å²) in [5.74, 6) is 1.23. The number of aryl methyl sites for hydroxylation is 1. The van der Waals surface area contributed by atoms with Crippen LogP contribution in [-0.4, -0.2) is 21.5 Å². The average molecular weight is 150 g/mol. The molecule has 0 unspecified atom stereocenters. The van der Waals surface area contributed by atoms with Gasteiger partial charge in [0.25, 0.3) is 5.95 Å². The summed E-state index contributed by atoms with van der Waals surface area (Å²) in [6.07, 6.45) is 3.65. The van der Waals surface area contributed by atoms with Gasteiger partial charge in [-0.1, -0.05) is 6.08 Å². The van der Waals surface area contributed by atoms with E-state index in [9.17, 15) is 0 Å². The first-order valence-electron chi connectivity index (χ1n) is 3.30. The van der Waals surface area contributed by atoms with E-state index >= 15 is 0 Å². The molecule has 0 fully saturated rings. The fraction of sp³-hybridized carbons (Fsp3) is 0.286. The minimum atomic E-state index is 0.528. The zero-order valence-electron chi connectivity index (χ0n) is 6.65. The fourth-order valence-electron chi connectivity index (χ4n) is 0.768. The van der Waals surface area contributed by atoms with Crippen LogP contribution < -0.4 is 0 Å². The summed E-state index contributed by atoms with van der Waals surface area (Å²) < 4.78 is 1.59. The zero-order chi connectivity index (χ0) is 8.27. The molecule has 4 heteroatoms. The van der Waals surface area contributed by atoms with Gasteiger partial charge in [0.2, 0.25) is 0 Å². The quantitative estimate of drug-likeness (QED) is 0.598. The summed E-state index contributed by atoms with van der Waals surface area (Å²) in [5, 5.41) is 4.06. The highest BCUT2D eigenvalue weighted by atomic mass is 15.4. The largest absolute Gasteiger partial charge is 0.251 e. The van der Waals surface area contributed by atoms with Crippen LogP contribution >= 0.6 is 0 Å². The Morgan fingerprint density at radius 1 is 1.64 bits per heavy atom. The second-order valence-corrected chi connectivity index (χ2v) is 2.04. The zero-order valence-corrected chi connectivity index (χ0v) is 6.65. The monoisotopic (exact) mass is 150 g/mol. The summed E-state index contributed by atoms with van der Waals surface area (Å²) in [4.78, 5) is 7.72. The van der Waals surface area contributed by atoms with E-state index in [1.807, 2.05) is 19.9 Å². The molecule has 0 saturated heterocycles. The van der Waals surface area contributed by atoms with Crippen LogP contribution in [0, 0.1) is 6.92 Å². The van der Waals surface area contributed by atoms with Gasteiger partial charge in [-0.15, -0.1) is 0 Å². The smallest absolute Gasteiger partial charge is 0.228 e. The van der Waals surface area contributed by atoms with E-state index < -0.39 is 0 Å². The molecule has 0 spiro atoms. The number of nitrogens with zero attached hydrogens (tertiary/aromatic N) is 4. The number of hydrogen-bond acceptors (Lipinski definition) is 3. The van der Waals surface area contributed by atoms with E-state index in [4.69, 9.17) is 0 Å². The molecule has 4 nitrogen and oxygen atoms in total. The van der Waals surface area contributed by atoms with E-state index in [1.165, 1.54) is 0 Å². The Hall–Kier alpha value is -1.45. The number of rotatable bonds is 2. The molecule has 58 valence electrons. The molecule has 0 aliphatic heterocycles. The van der Waals surface area contributed by atoms with Crippen molar-refractivity contribution in [1.29, 1.82) is 0 Å². The third kappa shape index (κ3) is 1.52. The molecule has 1 aromatic heterocycles. The van der Waals surface area contributed by atoms with Crippen LogP contribution in [0.5, 0.6) is 0 Å². The predicted octanol–water partition coefficient (Wildman–Crippen LogP) is 1.41. The Labute approximate surface area is 65.3 Å². The Bertz CT molecular complexity index is 285. The van der Waals surface area contributed by atoms with Crippen molar-refractivity contribution in [3.63, 3.8) is 0 Å². The van der Waals surface area contributed by atoms with Crippen LogP contribution in [0.15, 0.2) is 11.1 Å². The molecule has 0 aliphatic carbocycles. The predicted molar refractivity (Wildman–Crippen MR) is 45.0 cm³/mol. The maximum atomic E-state index is 4.06. The van der Waals surface area contributed by atoms with E-state index in [0.717, 1.165) is 0 Å². The van der Waals surface area contributed by atoms with Crippen LogP contribution in [0.2, 0.25) is 0 Å². The molecular weight excluding hydrogens is 140 g/mol. The van der Waals surface area contributed by atoms with Gasteiger partial charge in [-0.25, -0.2) is 9.67 Å². The molecular formula is C7H10N4. The summed E-state index contributed by atoms with van der Waals surface area (Å²) >= 11 is 0. The molecule has 1 heterocycles. The number of aliphatic imine (C=N–C) groups is 1. The van der Waals surface area contributed by atoms with Gasteiger partial charge in [0, 0.05) is 6.20 Å². The van der Waals surface area contributed by atoms with Crippen molar-refractivity contribution in [1.82, 2.24) is 14.8 Å². The molecule has 0 amide bonds. The maximum absolute atomic E-state index is 4.06. The lowest BCUT2D eigenvalue weighted by Gasteiger charge is -1.89. The minimum Gasteiger partial charge on any atom is -0.228 e. The van der Waals surface area contributed by atoms with Crippen LogP contribution in [-0.2, 0) is 0 Å². The third-order valence-corrected chi connectivity index (χ3v) is 1.15. The molecule has 1 rings (SSSR count). The second-order valence-electron chi connectivity index (χ2n) is 2.04. The van der Waals surface area contributed by atoms with Crippen LogP contribution in [0.1, 0.15) is 12.7 Å². The summed E-state index contributed by atoms with van der Waals surface area (Å²) in [6.45, 7) is 7.10. The lowest BCUT2D eigenvalue weighted by Crippen LogP contribution is -1.87. The van der Waals surface area contributed by atoms with E-state index in [-0.39, 0.29) is 0 Å². The molecule has 0 atom stereocenters. The van der Waals surface area contributed by atoms with Crippen molar-refractivity contribution >= 4 is 18.9 Å². The number of allylic oxidation sites excluding steroid dienone is 1. The second kappa shape index (κ2) is 3.09. The van der Waals surface area contributed by atoms with Crippen molar-refractivity contribution in [2.45, 2.75) is 13.8 Å². The standard InChI is InChI=1S/C7H10N4/c1-4-5-11-7(8-3)9-6(2)10-11/h4-5H,3H2,1-2H3/b5-4-. The first-order chi connectivity index (χ1) is 5.27. The molecule has 1 aromatic rings. The SMILES string of the molecule is C=Nc1nc(C)nn1/C=C\C. The van der Waals surface area contributed by atoms with Gasteiger partial charge in [-0.05, 0) is 20.6 Å². The number of aromatic nitrogens is 3. The van der Waals surface area contributed by atoms with Gasteiger partial charge >= 0.3 is 0 Å².